The standard InChI is InChI=1S/C17H14ClF2N7O/c1-17(19,20)15-23-24-16(28-15)26-6-4-10-13(22-8-21-10)14(26)11-7-12-9(18)3-2-5-27(12)25-11/h2-3,5,7-8,14H,4,6H2,1H3,(H,21,22)/t14-/m1/s1. The molecule has 0 radical (unpaired) electrons. The van der Waals surface area contributed by atoms with Gasteiger partial charge < -0.3 is 14.3 Å². The maximum atomic E-state index is 13.6. The van der Waals surface area contributed by atoms with Crippen molar-refractivity contribution in [2.45, 2.75) is 25.3 Å². The topological polar surface area (TPSA) is 88.1 Å². The lowest BCUT2D eigenvalue weighted by atomic mass is 10.0. The second kappa shape index (κ2) is 5.99. The lowest BCUT2D eigenvalue weighted by molar-refractivity contribution is -0.0107. The van der Waals surface area contributed by atoms with Gasteiger partial charge in [0.25, 0.3) is 5.89 Å². The molecule has 0 spiro atoms. The van der Waals surface area contributed by atoms with Gasteiger partial charge in [-0.1, -0.05) is 16.7 Å². The zero-order chi connectivity index (χ0) is 19.5. The molecule has 5 rings (SSSR count). The summed E-state index contributed by atoms with van der Waals surface area (Å²) in [4.78, 5) is 9.28. The highest BCUT2D eigenvalue weighted by Crippen LogP contribution is 2.38. The summed E-state index contributed by atoms with van der Waals surface area (Å²) in [5, 5.41) is 12.5. The Hall–Kier alpha value is -3.01. The molecule has 11 heteroatoms. The largest absolute Gasteiger partial charge is 0.401 e. The van der Waals surface area contributed by atoms with Gasteiger partial charge >= 0.3 is 11.9 Å². The predicted octanol–water partition coefficient (Wildman–Crippen LogP) is 3.36. The summed E-state index contributed by atoms with van der Waals surface area (Å²) in [5.74, 6) is -3.95. The van der Waals surface area contributed by atoms with Crippen LogP contribution in [0.15, 0.2) is 35.1 Å². The Kier molecular flexibility index (Phi) is 3.66. The monoisotopic (exact) mass is 405 g/mol. The summed E-state index contributed by atoms with van der Waals surface area (Å²) in [6, 6.07) is 4.92. The SMILES string of the molecule is CC(F)(F)c1nnc(N2CCc3[nH]cnc3[C@H]2c2cc3c(Cl)cccn3n2)o1. The Labute approximate surface area is 162 Å². The van der Waals surface area contributed by atoms with Crippen LogP contribution in [0, 0.1) is 0 Å². The molecular weight excluding hydrogens is 392 g/mol. The van der Waals surface area contributed by atoms with Gasteiger partial charge in [0, 0.05) is 31.8 Å². The fourth-order valence-corrected chi connectivity index (χ4v) is 3.64. The van der Waals surface area contributed by atoms with Gasteiger partial charge in [0.2, 0.25) is 0 Å². The molecule has 0 bridgehead atoms. The van der Waals surface area contributed by atoms with Gasteiger partial charge in [-0.05, 0) is 18.2 Å². The molecule has 8 nitrogen and oxygen atoms in total. The molecule has 4 aromatic rings. The van der Waals surface area contributed by atoms with Crippen molar-refractivity contribution in [1.29, 1.82) is 0 Å². The molecule has 0 saturated carbocycles. The average Bonchev–Trinajstić information content (AvgIpc) is 3.38. The van der Waals surface area contributed by atoms with E-state index in [1.807, 2.05) is 6.07 Å². The van der Waals surface area contributed by atoms with Gasteiger partial charge in [-0.15, -0.1) is 5.10 Å². The van der Waals surface area contributed by atoms with E-state index >= 15 is 0 Å². The van der Waals surface area contributed by atoms with Crippen molar-refractivity contribution in [1.82, 2.24) is 29.8 Å². The van der Waals surface area contributed by atoms with E-state index in [1.165, 1.54) is 0 Å². The minimum atomic E-state index is -3.22. The number of anilines is 1. The summed E-state index contributed by atoms with van der Waals surface area (Å²) in [6.07, 6.45) is 4.01. The van der Waals surface area contributed by atoms with Crippen LogP contribution in [0.2, 0.25) is 5.02 Å². The minimum Gasteiger partial charge on any atom is -0.401 e. The Morgan fingerprint density at radius 2 is 2.21 bits per heavy atom. The van der Waals surface area contributed by atoms with Crippen molar-refractivity contribution in [3.63, 3.8) is 0 Å². The van der Waals surface area contributed by atoms with E-state index in [9.17, 15) is 8.78 Å². The highest BCUT2D eigenvalue weighted by molar-refractivity contribution is 6.33. The number of rotatable bonds is 3. The Morgan fingerprint density at radius 3 is 2.96 bits per heavy atom. The number of aromatic nitrogens is 6. The third-order valence-corrected chi connectivity index (χ3v) is 5.03. The quantitative estimate of drug-likeness (QED) is 0.562. The van der Waals surface area contributed by atoms with Crippen LogP contribution in [0.3, 0.4) is 0 Å². The second-order valence-electron chi connectivity index (χ2n) is 6.65. The number of halogens is 3. The van der Waals surface area contributed by atoms with Gasteiger partial charge in [-0.25, -0.2) is 9.50 Å². The zero-order valence-electron chi connectivity index (χ0n) is 14.6. The molecule has 4 aromatic heterocycles. The molecule has 0 saturated heterocycles. The van der Waals surface area contributed by atoms with E-state index in [1.54, 1.807) is 34.1 Å². The van der Waals surface area contributed by atoms with Gasteiger partial charge in [0.15, 0.2) is 0 Å². The van der Waals surface area contributed by atoms with E-state index in [0.29, 0.717) is 30.6 Å². The molecule has 5 heterocycles. The number of nitrogens with zero attached hydrogens (tertiary/aromatic N) is 6. The summed E-state index contributed by atoms with van der Waals surface area (Å²) in [6.45, 7) is 1.19. The van der Waals surface area contributed by atoms with Crippen LogP contribution in [0.25, 0.3) is 5.52 Å². The van der Waals surface area contributed by atoms with Gasteiger partial charge in [0.1, 0.15) is 6.04 Å². The molecule has 0 aliphatic carbocycles. The number of H-pyrrole nitrogens is 1. The van der Waals surface area contributed by atoms with E-state index in [-0.39, 0.29) is 6.01 Å². The molecule has 0 fully saturated rings. The van der Waals surface area contributed by atoms with E-state index < -0.39 is 17.9 Å². The van der Waals surface area contributed by atoms with Crippen LogP contribution in [0.5, 0.6) is 0 Å². The van der Waals surface area contributed by atoms with Gasteiger partial charge in [-0.2, -0.15) is 13.9 Å². The first-order valence-corrected chi connectivity index (χ1v) is 8.94. The van der Waals surface area contributed by atoms with Crippen LogP contribution in [-0.2, 0) is 12.3 Å². The van der Waals surface area contributed by atoms with Crippen LogP contribution in [-0.4, -0.2) is 36.3 Å². The molecule has 1 aliphatic rings. The maximum absolute atomic E-state index is 13.6. The summed E-state index contributed by atoms with van der Waals surface area (Å²) in [5.41, 5.74) is 3.05. The number of fused-ring (bicyclic) bond motifs is 2. The van der Waals surface area contributed by atoms with Crippen molar-refractivity contribution in [3.05, 3.63) is 58.7 Å². The molecule has 144 valence electrons. The normalized spacial score (nSPS) is 17.3. The molecule has 1 N–H and O–H groups in total. The molecule has 28 heavy (non-hydrogen) atoms. The minimum absolute atomic E-state index is 0.00155. The Balaban J connectivity index is 1.64. The first kappa shape index (κ1) is 17.1. The Bertz CT molecular complexity index is 1160. The fourth-order valence-electron chi connectivity index (χ4n) is 3.42. The Morgan fingerprint density at radius 1 is 1.36 bits per heavy atom. The number of aromatic amines is 1. The van der Waals surface area contributed by atoms with Crippen molar-refractivity contribution >= 4 is 23.1 Å². The van der Waals surface area contributed by atoms with Crippen LogP contribution >= 0.6 is 11.6 Å². The highest BCUT2D eigenvalue weighted by Gasteiger charge is 2.38. The second-order valence-corrected chi connectivity index (χ2v) is 7.05. The van der Waals surface area contributed by atoms with Gasteiger partial charge in [-0.3, -0.25) is 0 Å². The summed E-state index contributed by atoms with van der Waals surface area (Å²) < 4.78 is 34.1. The number of alkyl halides is 2. The molecule has 1 atom stereocenters. The number of pyridine rings is 1. The molecule has 1 aliphatic heterocycles. The van der Waals surface area contributed by atoms with Crippen molar-refractivity contribution in [3.8, 4) is 0 Å². The van der Waals surface area contributed by atoms with Gasteiger partial charge in [0.05, 0.1) is 28.3 Å². The average molecular weight is 406 g/mol. The van der Waals surface area contributed by atoms with Crippen molar-refractivity contribution < 1.29 is 13.2 Å². The first-order valence-electron chi connectivity index (χ1n) is 8.56. The number of hydrogen-bond donors (Lipinski definition) is 1. The smallest absolute Gasteiger partial charge is 0.321 e. The lowest BCUT2D eigenvalue weighted by Gasteiger charge is -2.32. The van der Waals surface area contributed by atoms with E-state index in [4.69, 9.17) is 16.0 Å². The van der Waals surface area contributed by atoms with E-state index in [2.05, 4.69) is 25.3 Å². The third-order valence-electron chi connectivity index (χ3n) is 4.71. The lowest BCUT2D eigenvalue weighted by Crippen LogP contribution is -2.37. The van der Waals surface area contributed by atoms with E-state index in [0.717, 1.165) is 16.9 Å². The van der Waals surface area contributed by atoms with Crippen LogP contribution in [0.1, 0.15) is 35.9 Å². The summed E-state index contributed by atoms with van der Waals surface area (Å²) >= 11 is 6.27. The molecule has 0 aromatic carbocycles. The predicted molar refractivity (Wildman–Crippen MR) is 95.5 cm³/mol. The number of hydrogen-bond acceptors (Lipinski definition) is 6. The highest BCUT2D eigenvalue weighted by atomic mass is 35.5. The zero-order valence-corrected chi connectivity index (χ0v) is 15.4. The van der Waals surface area contributed by atoms with Crippen molar-refractivity contribution in [2.24, 2.45) is 0 Å². The van der Waals surface area contributed by atoms with Crippen molar-refractivity contribution in [2.75, 3.05) is 11.4 Å². The molecular formula is C17H14ClF2N7O. The number of nitrogens with one attached hydrogen (secondary N) is 1. The third kappa shape index (κ3) is 2.63. The molecule has 0 unspecified atom stereocenters. The fraction of sp³-hybridized carbons (Fsp3) is 0.294. The van der Waals surface area contributed by atoms with Crippen LogP contribution in [0.4, 0.5) is 14.8 Å². The number of imidazole rings is 1. The van der Waals surface area contributed by atoms with Crippen LogP contribution < -0.4 is 4.90 Å². The maximum Gasteiger partial charge on any atom is 0.321 e. The summed E-state index contributed by atoms with van der Waals surface area (Å²) in [7, 11) is 0. The molecule has 0 amide bonds. The first-order chi connectivity index (χ1) is 13.4.